The fourth-order valence-electron chi connectivity index (χ4n) is 4.44. The molecule has 1 atom stereocenters. The molecule has 3 aliphatic rings. The van der Waals surface area contributed by atoms with Gasteiger partial charge in [0, 0.05) is 26.2 Å². The SMILES string of the molecule is c1cc2c(c(O[C@H]3CCc4ccc(N5CCNCC5)nc43)c1)CCC2. The number of aromatic nitrogens is 1. The highest BCUT2D eigenvalue weighted by atomic mass is 16.5. The summed E-state index contributed by atoms with van der Waals surface area (Å²) in [6.07, 6.45) is 5.81. The van der Waals surface area contributed by atoms with Crippen LogP contribution in [0, 0.1) is 0 Å². The summed E-state index contributed by atoms with van der Waals surface area (Å²) in [7, 11) is 0. The Kier molecular flexibility index (Phi) is 3.86. The average Bonchev–Trinajstić information content (AvgIpc) is 3.30. The van der Waals surface area contributed by atoms with Crippen molar-refractivity contribution in [3.05, 3.63) is 52.7 Å². The predicted octanol–water partition coefficient (Wildman–Crippen LogP) is 3.05. The number of rotatable bonds is 3. The zero-order chi connectivity index (χ0) is 16.6. The van der Waals surface area contributed by atoms with Crippen molar-refractivity contribution in [2.75, 3.05) is 31.1 Å². The zero-order valence-corrected chi connectivity index (χ0v) is 14.6. The number of pyridine rings is 1. The molecule has 1 fully saturated rings. The van der Waals surface area contributed by atoms with E-state index < -0.39 is 0 Å². The number of nitrogens with one attached hydrogen (secondary N) is 1. The Morgan fingerprint density at radius 1 is 1.00 bits per heavy atom. The van der Waals surface area contributed by atoms with E-state index in [0.717, 1.165) is 62.7 Å². The zero-order valence-electron chi connectivity index (χ0n) is 14.6. The number of fused-ring (bicyclic) bond motifs is 2. The van der Waals surface area contributed by atoms with Crippen LogP contribution in [-0.2, 0) is 19.3 Å². The summed E-state index contributed by atoms with van der Waals surface area (Å²) >= 11 is 0. The van der Waals surface area contributed by atoms with Crippen molar-refractivity contribution in [1.82, 2.24) is 10.3 Å². The van der Waals surface area contributed by atoms with E-state index in [1.54, 1.807) is 0 Å². The van der Waals surface area contributed by atoms with Gasteiger partial charge in [-0.15, -0.1) is 0 Å². The predicted molar refractivity (Wildman–Crippen MR) is 99.5 cm³/mol. The lowest BCUT2D eigenvalue weighted by atomic mass is 10.1. The molecule has 0 unspecified atom stereocenters. The molecule has 130 valence electrons. The topological polar surface area (TPSA) is 37.4 Å². The van der Waals surface area contributed by atoms with E-state index in [9.17, 15) is 0 Å². The molecule has 2 heterocycles. The lowest BCUT2D eigenvalue weighted by Crippen LogP contribution is -2.44. The van der Waals surface area contributed by atoms with Gasteiger partial charge in [-0.2, -0.15) is 0 Å². The number of anilines is 1. The molecule has 0 radical (unpaired) electrons. The molecule has 0 saturated carbocycles. The number of benzene rings is 1. The van der Waals surface area contributed by atoms with Crippen LogP contribution in [0.5, 0.6) is 5.75 Å². The fraction of sp³-hybridized carbons (Fsp3) is 0.476. The van der Waals surface area contributed by atoms with Gasteiger partial charge in [0.05, 0.1) is 5.69 Å². The first-order valence-electron chi connectivity index (χ1n) is 9.61. The number of hydrogen-bond acceptors (Lipinski definition) is 4. The van der Waals surface area contributed by atoms with Crippen LogP contribution in [0.4, 0.5) is 5.82 Å². The molecule has 1 N–H and O–H groups in total. The molecule has 0 spiro atoms. The van der Waals surface area contributed by atoms with Gasteiger partial charge in [-0.3, -0.25) is 0 Å². The minimum Gasteiger partial charge on any atom is -0.484 e. The van der Waals surface area contributed by atoms with Gasteiger partial charge in [-0.1, -0.05) is 18.2 Å². The molecular formula is C21H25N3O. The van der Waals surface area contributed by atoms with Gasteiger partial charge in [0.2, 0.25) is 0 Å². The third kappa shape index (κ3) is 2.78. The first-order chi connectivity index (χ1) is 12.4. The van der Waals surface area contributed by atoms with E-state index in [-0.39, 0.29) is 6.10 Å². The lowest BCUT2D eigenvalue weighted by molar-refractivity contribution is 0.201. The molecule has 0 amide bonds. The van der Waals surface area contributed by atoms with Crippen molar-refractivity contribution in [3.63, 3.8) is 0 Å². The van der Waals surface area contributed by atoms with Crippen LogP contribution in [0.1, 0.15) is 41.3 Å². The standard InChI is InChI=1S/C21H25N3O/c1-3-15-4-2-6-18(17(15)5-1)25-19-9-7-16-8-10-20(23-21(16)19)24-13-11-22-12-14-24/h2,4,6,8,10,19,22H,1,3,5,7,9,11-14H2/t19-/m0/s1. The molecular weight excluding hydrogens is 310 g/mol. The van der Waals surface area contributed by atoms with Gasteiger partial charge < -0.3 is 15.0 Å². The van der Waals surface area contributed by atoms with Crippen molar-refractivity contribution in [2.24, 2.45) is 0 Å². The molecule has 1 aromatic heterocycles. The van der Waals surface area contributed by atoms with E-state index in [1.807, 2.05) is 0 Å². The molecule has 25 heavy (non-hydrogen) atoms. The Morgan fingerprint density at radius 3 is 2.84 bits per heavy atom. The van der Waals surface area contributed by atoms with Gasteiger partial charge in [0.1, 0.15) is 17.7 Å². The summed E-state index contributed by atoms with van der Waals surface area (Å²) in [5.74, 6) is 2.19. The molecule has 1 saturated heterocycles. The minimum atomic E-state index is 0.102. The van der Waals surface area contributed by atoms with E-state index in [2.05, 4.69) is 40.5 Å². The van der Waals surface area contributed by atoms with Crippen LogP contribution in [-0.4, -0.2) is 31.2 Å². The highest BCUT2D eigenvalue weighted by molar-refractivity contribution is 5.46. The molecule has 4 heteroatoms. The Labute approximate surface area is 149 Å². The van der Waals surface area contributed by atoms with Crippen molar-refractivity contribution in [2.45, 2.75) is 38.2 Å². The van der Waals surface area contributed by atoms with E-state index in [4.69, 9.17) is 9.72 Å². The van der Waals surface area contributed by atoms with Gasteiger partial charge in [-0.05, 0) is 60.9 Å². The maximum absolute atomic E-state index is 6.49. The Balaban J connectivity index is 1.42. The smallest absolute Gasteiger partial charge is 0.141 e. The van der Waals surface area contributed by atoms with E-state index in [1.165, 1.54) is 29.5 Å². The molecule has 0 bridgehead atoms. The van der Waals surface area contributed by atoms with Crippen molar-refractivity contribution in [3.8, 4) is 5.75 Å². The monoisotopic (exact) mass is 335 g/mol. The summed E-state index contributed by atoms with van der Waals surface area (Å²) in [5, 5.41) is 3.41. The minimum absolute atomic E-state index is 0.102. The Hall–Kier alpha value is -2.07. The van der Waals surface area contributed by atoms with Crippen LogP contribution in [0.15, 0.2) is 30.3 Å². The van der Waals surface area contributed by atoms with E-state index in [0.29, 0.717) is 0 Å². The molecule has 1 aromatic carbocycles. The van der Waals surface area contributed by atoms with Crippen LogP contribution in [0.3, 0.4) is 0 Å². The summed E-state index contributed by atoms with van der Waals surface area (Å²) < 4.78 is 6.49. The molecule has 2 aromatic rings. The van der Waals surface area contributed by atoms with Crippen molar-refractivity contribution in [1.29, 1.82) is 0 Å². The number of piperazine rings is 1. The van der Waals surface area contributed by atoms with Crippen LogP contribution in [0.2, 0.25) is 0 Å². The third-order valence-electron chi connectivity index (χ3n) is 5.79. The number of ether oxygens (including phenoxy) is 1. The first kappa shape index (κ1) is 15.2. The summed E-state index contributed by atoms with van der Waals surface area (Å²) in [6.45, 7) is 4.14. The van der Waals surface area contributed by atoms with Gasteiger partial charge in [-0.25, -0.2) is 4.98 Å². The number of aryl methyl sites for hydroxylation is 2. The molecule has 5 rings (SSSR count). The van der Waals surface area contributed by atoms with Gasteiger partial charge in [0.15, 0.2) is 0 Å². The summed E-state index contributed by atoms with van der Waals surface area (Å²) in [5.41, 5.74) is 5.41. The lowest BCUT2D eigenvalue weighted by Gasteiger charge is -2.29. The quantitative estimate of drug-likeness (QED) is 0.935. The van der Waals surface area contributed by atoms with Crippen molar-refractivity contribution < 1.29 is 4.74 Å². The molecule has 1 aliphatic heterocycles. The number of hydrogen-bond donors (Lipinski definition) is 1. The normalized spacial score (nSPS) is 21.9. The summed E-state index contributed by atoms with van der Waals surface area (Å²) in [6, 6.07) is 11.0. The second-order valence-corrected chi connectivity index (χ2v) is 7.34. The van der Waals surface area contributed by atoms with Gasteiger partial charge >= 0.3 is 0 Å². The van der Waals surface area contributed by atoms with Crippen molar-refractivity contribution >= 4 is 5.82 Å². The van der Waals surface area contributed by atoms with Crippen LogP contribution >= 0.6 is 0 Å². The number of nitrogens with zero attached hydrogens (tertiary/aromatic N) is 2. The fourth-order valence-corrected chi connectivity index (χ4v) is 4.44. The van der Waals surface area contributed by atoms with E-state index >= 15 is 0 Å². The largest absolute Gasteiger partial charge is 0.484 e. The maximum atomic E-state index is 6.49. The highest BCUT2D eigenvalue weighted by Crippen LogP contribution is 2.38. The highest BCUT2D eigenvalue weighted by Gasteiger charge is 2.28. The Bertz CT molecular complexity index is 783. The van der Waals surface area contributed by atoms with Gasteiger partial charge in [0.25, 0.3) is 0 Å². The average molecular weight is 335 g/mol. The Morgan fingerprint density at radius 2 is 1.92 bits per heavy atom. The van der Waals surface area contributed by atoms with Crippen LogP contribution < -0.4 is 15.0 Å². The third-order valence-corrected chi connectivity index (χ3v) is 5.79. The first-order valence-corrected chi connectivity index (χ1v) is 9.61. The molecule has 4 nitrogen and oxygen atoms in total. The molecule has 2 aliphatic carbocycles. The summed E-state index contributed by atoms with van der Waals surface area (Å²) in [4.78, 5) is 7.40. The van der Waals surface area contributed by atoms with Crippen LogP contribution in [0.25, 0.3) is 0 Å². The second-order valence-electron chi connectivity index (χ2n) is 7.34. The maximum Gasteiger partial charge on any atom is 0.141 e. The second kappa shape index (κ2) is 6.34.